The molecule has 0 saturated heterocycles. The Morgan fingerprint density at radius 3 is 2.41 bits per heavy atom. The van der Waals surface area contributed by atoms with E-state index in [0.29, 0.717) is 6.04 Å². The van der Waals surface area contributed by atoms with E-state index in [1.165, 1.54) is 0 Å². The Hall–Kier alpha value is -1.03. The number of nitrogens with one attached hydrogen (secondary N) is 1. The topological polar surface area (TPSA) is 39.1 Å². The zero-order valence-electron chi connectivity index (χ0n) is 11.9. The van der Waals surface area contributed by atoms with Crippen LogP contribution in [0.25, 0.3) is 0 Å². The largest absolute Gasteiger partial charge is 0.485 e. The van der Waals surface area contributed by atoms with Crippen LogP contribution in [0, 0.1) is 13.8 Å². The Kier molecular flexibility index (Phi) is 5.00. The molecule has 1 aromatic rings. The van der Waals surface area contributed by atoms with Crippen LogP contribution >= 0.6 is 0 Å². The van der Waals surface area contributed by atoms with Crippen LogP contribution in [0.5, 0.6) is 5.75 Å². The van der Waals surface area contributed by atoms with Gasteiger partial charge in [-0.3, -0.25) is 4.68 Å². The lowest BCUT2D eigenvalue weighted by Crippen LogP contribution is -2.35. The summed E-state index contributed by atoms with van der Waals surface area (Å²) in [5, 5.41) is 7.77. The molecule has 1 N–H and O–H groups in total. The first-order valence-corrected chi connectivity index (χ1v) is 6.35. The highest BCUT2D eigenvalue weighted by atomic mass is 16.5. The molecule has 1 aromatic heterocycles. The average molecular weight is 239 g/mol. The summed E-state index contributed by atoms with van der Waals surface area (Å²) >= 11 is 0. The normalized spacial score (nSPS) is 13.1. The first-order valence-electron chi connectivity index (χ1n) is 6.35. The molecule has 0 aliphatic carbocycles. The van der Waals surface area contributed by atoms with E-state index in [2.05, 4.69) is 31.2 Å². The molecule has 98 valence electrons. The summed E-state index contributed by atoms with van der Waals surface area (Å²) < 4.78 is 7.92. The summed E-state index contributed by atoms with van der Waals surface area (Å²) in [5.41, 5.74) is 2.05. The van der Waals surface area contributed by atoms with Crippen LogP contribution in [-0.2, 0) is 7.05 Å². The van der Waals surface area contributed by atoms with Crippen molar-refractivity contribution in [2.45, 2.75) is 53.2 Å². The molecule has 0 radical (unpaired) electrons. The van der Waals surface area contributed by atoms with E-state index in [9.17, 15) is 0 Å². The number of hydrogen-bond donors (Lipinski definition) is 1. The molecule has 0 fully saturated rings. The highest BCUT2D eigenvalue weighted by molar-refractivity contribution is 5.31. The van der Waals surface area contributed by atoms with Gasteiger partial charge in [-0.2, -0.15) is 5.10 Å². The molecule has 0 aromatic carbocycles. The first-order chi connectivity index (χ1) is 7.95. The third-order valence-electron chi connectivity index (χ3n) is 2.94. The fraction of sp³-hybridized carbons (Fsp3) is 0.769. The Labute approximate surface area is 104 Å². The zero-order chi connectivity index (χ0) is 13.0. The number of ether oxygens (including phenoxy) is 1. The van der Waals surface area contributed by atoms with Gasteiger partial charge in [0.15, 0.2) is 5.75 Å². The van der Waals surface area contributed by atoms with Crippen LogP contribution < -0.4 is 10.1 Å². The van der Waals surface area contributed by atoms with Crippen LogP contribution in [0.1, 0.15) is 38.6 Å². The molecule has 0 aliphatic rings. The minimum atomic E-state index is 0.207. The van der Waals surface area contributed by atoms with Crippen LogP contribution in [-0.4, -0.2) is 28.5 Å². The SMILES string of the molecule is CCC(CNC(C)C)Oc1c(C)nn(C)c1C. The molecule has 0 aliphatic heterocycles. The molecule has 1 unspecified atom stereocenters. The summed E-state index contributed by atoms with van der Waals surface area (Å²) in [5.74, 6) is 0.935. The van der Waals surface area contributed by atoms with Gasteiger partial charge in [0, 0.05) is 19.6 Å². The van der Waals surface area contributed by atoms with Gasteiger partial charge in [-0.1, -0.05) is 20.8 Å². The van der Waals surface area contributed by atoms with Crippen LogP contribution in [0.3, 0.4) is 0 Å². The van der Waals surface area contributed by atoms with Gasteiger partial charge in [-0.05, 0) is 20.3 Å². The number of aryl methyl sites for hydroxylation is 2. The Morgan fingerprint density at radius 2 is 2.00 bits per heavy atom. The molecule has 1 heterocycles. The van der Waals surface area contributed by atoms with Gasteiger partial charge in [0.05, 0.1) is 5.69 Å². The molecule has 4 nitrogen and oxygen atoms in total. The van der Waals surface area contributed by atoms with Crippen molar-refractivity contribution in [1.29, 1.82) is 0 Å². The van der Waals surface area contributed by atoms with E-state index in [4.69, 9.17) is 4.74 Å². The Balaban J connectivity index is 2.67. The maximum absolute atomic E-state index is 6.05. The number of rotatable bonds is 6. The van der Waals surface area contributed by atoms with Gasteiger partial charge in [-0.25, -0.2) is 0 Å². The molecule has 0 spiro atoms. The second-order valence-electron chi connectivity index (χ2n) is 4.83. The lowest BCUT2D eigenvalue weighted by Gasteiger charge is -2.19. The van der Waals surface area contributed by atoms with E-state index in [0.717, 1.165) is 30.1 Å². The van der Waals surface area contributed by atoms with Crippen molar-refractivity contribution in [2.75, 3.05) is 6.54 Å². The van der Waals surface area contributed by atoms with E-state index in [1.54, 1.807) is 0 Å². The molecular weight excluding hydrogens is 214 g/mol. The standard InChI is InChI=1S/C13H25N3O/c1-7-12(8-14-9(2)3)17-13-10(4)15-16(6)11(13)5/h9,12,14H,7-8H2,1-6H3. The fourth-order valence-corrected chi connectivity index (χ4v) is 1.73. The van der Waals surface area contributed by atoms with Gasteiger partial charge >= 0.3 is 0 Å². The van der Waals surface area contributed by atoms with E-state index in [1.807, 2.05) is 25.6 Å². The number of aromatic nitrogens is 2. The predicted molar refractivity (Wildman–Crippen MR) is 70.5 cm³/mol. The van der Waals surface area contributed by atoms with Gasteiger partial charge in [0.25, 0.3) is 0 Å². The number of nitrogens with zero attached hydrogens (tertiary/aromatic N) is 2. The maximum Gasteiger partial charge on any atom is 0.163 e. The Bertz CT molecular complexity index is 358. The minimum Gasteiger partial charge on any atom is -0.485 e. The molecule has 1 atom stereocenters. The van der Waals surface area contributed by atoms with Crippen LogP contribution in [0.4, 0.5) is 0 Å². The van der Waals surface area contributed by atoms with Gasteiger partial charge < -0.3 is 10.1 Å². The first kappa shape index (κ1) is 14.0. The molecule has 0 amide bonds. The van der Waals surface area contributed by atoms with Crippen LogP contribution in [0.15, 0.2) is 0 Å². The average Bonchev–Trinajstić information content (AvgIpc) is 2.49. The highest BCUT2D eigenvalue weighted by Gasteiger charge is 2.15. The second kappa shape index (κ2) is 6.05. The van der Waals surface area contributed by atoms with E-state index >= 15 is 0 Å². The molecule has 0 bridgehead atoms. The molecule has 1 rings (SSSR count). The molecule has 17 heavy (non-hydrogen) atoms. The van der Waals surface area contributed by atoms with Crippen molar-refractivity contribution < 1.29 is 4.74 Å². The second-order valence-corrected chi connectivity index (χ2v) is 4.83. The van der Waals surface area contributed by atoms with Crippen molar-refractivity contribution in [3.8, 4) is 5.75 Å². The van der Waals surface area contributed by atoms with Crippen LogP contribution in [0.2, 0.25) is 0 Å². The lowest BCUT2D eigenvalue weighted by atomic mass is 10.2. The molecular formula is C13H25N3O. The summed E-state index contributed by atoms with van der Waals surface area (Å²) in [6, 6.07) is 0.490. The summed E-state index contributed by atoms with van der Waals surface area (Å²) in [6.45, 7) is 11.3. The van der Waals surface area contributed by atoms with E-state index < -0.39 is 0 Å². The lowest BCUT2D eigenvalue weighted by molar-refractivity contribution is 0.187. The van der Waals surface area contributed by atoms with Crippen molar-refractivity contribution in [3.05, 3.63) is 11.4 Å². The van der Waals surface area contributed by atoms with E-state index in [-0.39, 0.29) is 6.10 Å². The quantitative estimate of drug-likeness (QED) is 0.827. The third-order valence-corrected chi connectivity index (χ3v) is 2.94. The summed E-state index contributed by atoms with van der Waals surface area (Å²) in [4.78, 5) is 0. The third kappa shape index (κ3) is 3.73. The number of hydrogen-bond acceptors (Lipinski definition) is 3. The molecule has 0 saturated carbocycles. The smallest absolute Gasteiger partial charge is 0.163 e. The predicted octanol–water partition coefficient (Wildman–Crippen LogP) is 2.19. The van der Waals surface area contributed by atoms with Gasteiger partial charge in [0.2, 0.25) is 0 Å². The van der Waals surface area contributed by atoms with Crippen molar-refractivity contribution in [1.82, 2.24) is 15.1 Å². The molecule has 4 heteroatoms. The maximum atomic E-state index is 6.05. The Morgan fingerprint density at radius 1 is 1.35 bits per heavy atom. The summed E-state index contributed by atoms with van der Waals surface area (Å²) in [6.07, 6.45) is 1.20. The van der Waals surface area contributed by atoms with Crippen molar-refractivity contribution in [3.63, 3.8) is 0 Å². The van der Waals surface area contributed by atoms with Crippen molar-refractivity contribution >= 4 is 0 Å². The van der Waals surface area contributed by atoms with Gasteiger partial charge in [-0.15, -0.1) is 0 Å². The fourth-order valence-electron chi connectivity index (χ4n) is 1.73. The zero-order valence-corrected chi connectivity index (χ0v) is 11.9. The summed E-state index contributed by atoms with van der Waals surface area (Å²) in [7, 11) is 1.95. The highest BCUT2D eigenvalue weighted by Crippen LogP contribution is 2.23. The van der Waals surface area contributed by atoms with Crippen molar-refractivity contribution in [2.24, 2.45) is 7.05 Å². The van der Waals surface area contributed by atoms with Gasteiger partial charge in [0.1, 0.15) is 11.8 Å². The monoisotopic (exact) mass is 239 g/mol. The minimum absolute atomic E-state index is 0.207.